The third-order valence-corrected chi connectivity index (χ3v) is 4.02. The summed E-state index contributed by atoms with van der Waals surface area (Å²) in [4.78, 5) is 6.37. The van der Waals surface area contributed by atoms with E-state index in [1.54, 1.807) is 7.05 Å². The summed E-state index contributed by atoms with van der Waals surface area (Å²) < 4.78 is 12.7. The first kappa shape index (κ1) is 16.1. The third-order valence-electron chi connectivity index (χ3n) is 4.02. The number of aromatic nitrogens is 3. The monoisotopic (exact) mass is 330 g/mol. The number of benzene rings is 1. The van der Waals surface area contributed by atoms with Gasteiger partial charge < -0.3 is 24.3 Å². The molecule has 0 atom stereocenters. The zero-order valence-electron chi connectivity index (χ0n) is 14.4. The van der Waals surface area contributed by atoms with Gasteiger partial charge in [-0.25, -0.2) is 0 Å². The molecule has 8 heteroatoms. The number of hydrogen-bond acceptors (Lipinski definition) is 5. The predicted molar refractivity (Wildman–Crippen MR) is 90.0 cm³/mol. The van der Waals surface area contributed by atoms with E-state index < -0.39 is 0 Å². The van der Waals surface area contributed by atoms with Gasteiger partial charge >= 0.3 is 0 Å². The molecule has 0 spiro atoms. The largest absolute Gasteiger partial charge is 0.454 e. The standard InChI is InChI=1S/C16H22N6O2/c1-11-19-20-15(22(11)4)8-18-16(17-2)21(3)9-12-5-6-13-14(7-12)24-10-23-13/h5-7H,8-10H2,1-4H3,(H,17,18). The predicted octanol–water partition coefficient (Wildman–Crippen LogP) is 1.06. The Hall–Kier alpha value is -2.77. The summed E-state index contributed by atoms with van der Waals surface area (Å²) >= 11 is 0. The average molecular weight is 330 g/mol. The van der Waals surface area contributed by atoms with Gasteiger partial charge in [-0.3, -0.25) is 4.99 Å². The Kier molecular flexibility index (Phi) is 4.54. The van der Waals surface area contributed by atoms with Gasteiger partial charge in [0.15, 0.2) is 23.3 Å². The molecule has 0 saturated carbocycles. The van der Waals surface area contributed by atoms with Crippen LogP contribution in [0, 0.1) is 6.92 Å². The smallest absolute Gasteiger partial charge is 0.231 e. The molecule has 24 heavy (non-hydrogen) atoms. The lowest BCUT2D eigenvalue weighted by atomic mass is 10.2. The summed E-state index contributed by atoms with van der Waals surface area (Å²) in [5.41, 5.74) is 1.12. The van der Waals surface area contributed by atoms with Gasteiger partial charge in [-0.15, -0.1) is 10.2 Å². The maximum absolute atomic E-state index is 5.42. The van der Waals surface area contributed by atoms with Crippen LogP contribution in [0.3, 0.4) is 0 Å². The minimum Gasteiger partial charge on any atom is -0.454 e. The molecule has 2 aromatic rings. The summed E-state index contributed by atoms with van der Waals surface area (Å²) in [5, 5.41) is 11.5. The molecule has 128 valence electrons. The molecule has 8 nitrogen and oxygen atoms in total. The van der Waals surface area contributed by atoms with Crippen molar-refractivity contribution in [1.82, 2.24) is 25.0 Å². The Bertz CT molecular complexity index is 755. The van der Waals surface area contributed by atoms with Crippen molar-refractivity contribution in [2.24, 2.45) is 12.0 Å². The van der Waals surface area contributed by atoms with E-state index in [0.717, 1.165) is 34.7 Å². The number of nitrogens with zero attached hydrogens (tertiary/aromatic N) is 5. The fraction of sp³-hybridized carbons (Fsp3) is 0.438. The highest BCUT2D eigenvalue weighted by Gasteiger charge is 2.15. The van der Waals surface area contributed by atoms with Crippen molar-refractivity contribution in [2.75, 3.05) is 20.9 Å². The average Bonchev–Trinajstić information content (AvgIpc) is 3.16. The fourth-order valence-corrected chi connectivity index (χ4v) is 2.54. The Morgan fingerprint density at radius 3 is 2.83 bits per heavy atom. The minimum atomic E-state index is 0.287. The second kappa shape index (κ2) is 6.77. The van der Waals surface area contributed by atoms with Crippen LogP contribution in [0.15, 0.2) is 23.2 Å². The highest BCUT2D eigenvalue weighted by molar-refractivity contribution is 5.79. The van der Waals surface area contributed by atoms with Crippen molar-refractivity contribution in [3.63, 3.8) is 0 Å². The van der Waals surface area contributed by atoms with Gasteiger partial charge in [0, 0.05) is 27.7 Å². The van der Waals surface area contributed by atoms with E-state index in [2.05, 4.69) is 20.5 Å². The lowest BCUT2D eigenvalue weighted by Gasteiger charge is -2.22. The van der Waals surface area contributed by atoms with Crippen molar-refractivity contribution in [3.8, 4) is 11.5 Å². The van der Waals surface area contributed by atoms with Crippen LogP contribution in [0.2, 0.25) is 0 Å². The van der Waals surface area contributed by atoms with Gasteiger partial charge in [-0.2, -0.15) is 0 Å². The summed E-state index contributed by atoms with van der Waals surface area (Å²) in [5.74, 6) is 4.12. The Morgan fingerprint density at radius 1 is 1.33 bits per heavy atom. The van der Waals surface area contributed by atoms with Crippen LogP contribution < -0.4 is 14.8 Å². The Labute approximate surface area is 141 Å². The molecule has 0 saturated heterocycles. The molecule has 0 amide bonds. The lowest BCUT2D eigenvalue weighted by molar-refractivity contribution is 0.174. The van der Waals surface area contributed by atoms with Gasteiger partial charge in [0.1, 0.15) is 5.82 Å². The van der Waals surface area contributed by atoms with E-state index in [1.165, 1.54) is 0 Å². The fourth-order valence-electron chi connectivity index (χ4n) is 2.54. The summed E-state index contributed by atoms with van der Waals surface area (Å²) in [6.45, 7) is 3.48. The Balaban J connectivity index is 1.62. The van der Waals surface area contributed by atoms with Gasteiger partial charge in [0.05, 0.1) is 6.54 Å². The molecule has 0 bridgehead atoms. The SMILES string of the molecule is CN=C(NCc1nnc(C)n1C)N(C)Cc1ccc2c(c1)OCO2. The van der Waals surface area contributed by atoms with E-state index in [-0.39, 0.29) is 6.79 Å². The number of aryl methyl sites for hydroxylation is 1. The van der Waals surface area contributed by atoms with Crippen LogP contribution in [0.25, 0.3) is 0 Å². The highest BCUT2D eigenvalue weighted by Crippen LogP contribution is 2.32. The van der Waals surface area contributed by atoms with Crippen molar-refractivity contribution in [3.05, 3.63) is 35.4 Å². The molecule has 0 radical (unpaired) electrons. The van der Waals surface area contributed by atoms with Crippen LogP contribution >= 0.6 is 0 Å². The van der Waals surface area contributed by atoms with Crippen LogP contribution in [-0.4, -0.2) is 46.5 Å². The van der Waals surface area contributed by atoms with E-state index in [0.29, 0.717) is 13.1 Å². The highest BCUT2D eigenvalue weighted by atomic mass is 16.7. The number of hydrogen-bond donors (Lipinski definition) is 1. The first-order valence-corrected chi connectivity index (χ1v) is 7.73. The lowest BCUT2D eigenvalue weighted by Crippen LogP contribution is -2.38. The van der Waals surface area contributed by atoms with Crippen molar-refractivity contribution in [1.29, 1.82) is 0 Å². The van der Waals surface area contributed by atoms with Gasteiger partial charge in [-0.05, 0) is 24.6 Å². The molecular formula is C16H22N6O2. The molecule has 2 heterocycles. The molecule has 1 aliphatic heterocycles. The molecule has 0 aliphatic carbocycles. The van der Waals surface area contributed by atoms with E-state index >= 15 is 0 Å². The zero-order valence-corrected chi connectivity index (χ0v) is 14.4. The summed E-state index contributed by atoms with van der Waals surface area (Å²) in [7, 11) is 5.70. The van der Waals surface area contributed by atoms with Gasteiger partial charge in [0.25, 0.3) is 0 Å². The molecule has 3 rings (SSSR count). The number of ether oxygens (including phenoxy) is 2. The third kappa shape index (κ3) is 3.27. The topological polar surface area (TPSA) is 76.8 Å². The number of nitrogens with one attached hydrogen (secondary N) is 1. The molecular weight excluding hydrogens is 308 g/mol. The molecule has 1 aromatic carbocycles. The van der Waals surface area contributed by atoms with E-state index in [9.17, 15) is 0 Å². The van der Waals surface area contributed by atoms with Crippen molar-refractivity contribution in [2.45, 2.75) is 20.0 Å². The van der Waals surface area contributed by atoms with Gasteiger partial charge in [0.2, 0.25) is 6.79 Å². The zero-order chi connectivity index (χ0) is 17.1. The van der Waals surface area contributed by atoms with E-state index in [1.807, 2.05) is 48.7 Å². The molecule has 1 aliphatic rings. The van der Waals surface area contributed by atoms with Crippen molar-refractivity contribution >= 4 is 5.96 Å². The van der Waals surface area contributed by atoms with Crippen molar-refractivity contribution < 1.29 is 9.47 Å². The van der Waals surface area contributed by atoms with Gasteiger partial charge in [-0.1, -0.05) is 6.07 Å². The number of guanidine groups is 1. The maximum atomic E-state index is 5.42. The van der Waals surface area contributed by atoms with E-state index in [4.69, 9.17) is 9.47 Å². The normalized spacial score (nSPS) is 13.2. The molecule has 1 aromatic heterocycles. The first-order chi connectivity index (χ1) is 11.6. The number of rotatable bonds is 4. The first-order valence-electron chi connectivity index (χ1n) is 7.73. The van der Waals surface area contributed by atoms with Crippen LogP contribution in [0.4, 0.5) is 0 Å². The summed E-state index contributed by atoms with van der Waals surface area (Å²) in [6.07, 6.45) is 0. The number of aliphatic imine (C=N–C) groups is 1. The second-order valence-corrected chi connectivity index (χ2v) is 5.67. The Morgan fingerprint density at radius 2 is 2.12 bits per heavy atom. The summed E-state index contributed by atoms with van der Waals surface area (Å²) in [6, 6.07) is 5.96. The maximum Gasteiger partial charge on any atom is 0.231 e. The minimum absolute atomic E-state index is 0.287. The molecule has 1 N–H and O–H groups in total. The van der Waals surface area contributed by atoms with Crippen LogP contribution in [0.5, 0.6) is 11.5 Å². The molecule has 0 fully saturated rings. The molecule has 0 unspecified atom stereocenters. The van der Waals surface area contributed by atoms with Crippen LogP contribution in [-0.2, 0) is 20.1 Å². The van der Waals surface area contributed by atoms with Crippen LogP contribution in [0.1, 0.15) is 17.2 Å². The number of fused-ring (bicyclic) bond motifs is 1. The second-order valence-electron chi connectivity index (χ2n) is 5.67. The quantitative estimate of drug-likeness (QED) is 0.667.